The number of carbonyl (C=O) groups is 2. The number of nitrogens with zero attached hydrogens (tertiary/aromatic N) is 2. The van der Waals surface area contributed by atoms with Crippen molar-refractivity contribution in [3.8, 4) is 11.5 Å². The summed E-state index contributed by atoms with van der Waals surface area (Å²) < 4.78 is 11.3. The number of benzene rings is 1. The van der Waals surface area contributed by atoms with Crippen molar-refractivity contribution in [1.29, 1.82) is 0 Å². The lowest BCUT2D eigenvalue weighted by atomic mass is 9.84. The molecule has 6 heteroatoms. The third kappa shape index (κ3) is 3.30. The number of hydrogen-bond donors (Lipinski definition) is 0. The number of ether oxygens (including phenoxy) is 2. The first-order valence-electron chi connectivity index (χ1n) is 9.20. The van der Waals surface area contributed by atoms with E-state index in [9.17, 15) is 9.59 Å². The summed E-state index contributed by atoms with van der Waals surface area (Å²) >= 11 is 0. The minimum Gasteiger partial charge on any atom is -0.490 e. The highest BCUT2D eigenvalue weighted by molar-refractivity contribution is 5.95. The van der Waals surface area contributed by atoms with E-state index in [2.05, 4.69) is 0 Å². The van der Waals surface area contributed by atoms with Crippen LogP contribution >= 0.6 is 0 Å². The average molecular weight is 344 g/mol. The fourth-order valence-electron chi connectivity index (χ4n) is 3.52. The summed E-state index contributed by atoms with van der Waals surface area (Å²) in [5.74, 6) is 1.83. The molecule has 1 aliphatic carbocycles. The highest BCUT2D eigenvalue weighted by Gasteiger charge is 2.32. The Bertz CT molecular complexity index is 663. The highest BCUT2D eigenvalue weighted by atomic mass is 16.5. The molecule has 25 heavy (non-hydrogen) atoms. The van der Waals surface area contributed by atoms with Crippen molar-refractivity contribution < 1.29 is 19.1 Å². The Morgan fingerprint density at radius 2 is 1.56 bits per heavy atom. The van der Waals surface area contributed by atoms with Crippen molar-refractivity contribution in [1.82, 2.24) is 9.80 Å². The van der Waals surface area contributed by atoms with Gasteiger partial charge in [0.1, 0.15) is 0 Å². The van der Waals surface area contributed by atoms with Crippen LogP contribution in [0.25, 0.3) is 0 Å². The van der Waals surface area contributed by atoms with Crippen LogP contribution in [0.3, 0.4) is 0 Å². The molecule has 4 rings (SSSR count). The summed E-state index contributed by atoms with van der Waals surface area (Å²) in [7, 11) is 0. The largest absolute Gasteiger partial charge is 0.490 e. The summed E-state index contributed by atoms with van der Waals surface area (Å²) in [4.78, 5) is 28.8. The Morgan fingerprint density at radius 3 is 2.24 bits per heavy atom. The minimum atomic E-state index is -0.00797. The minimum absolute atomic E-state index is 0.00797. The maximum absolute atomic E-state index is 12.8. The Morgan fingerprint density at radius 1 is 0.880 bits per heavy atom. The van der Waals surface area contributed by atoms with Crippen LogP contribution in [-0.2, 0) is 4.79 Å². The molecule has 1 aromatic rings. The third-order valence-corrected chi connectivity index (χ3v) is 5.33. The van der Waals surface area contributed by atoms with Crippen molar-refractivity contribution in [2.75, 3.05) is 39.4 Å². The van der Waals surface area contributed by atoms with E-state index < -0.39 is 0 Å². The summed E-state index contributed by atoms with van der Waals surface area (Å²) in [6.45, 7) is 3.68. The van der Waals surface area contributed by atoms with Gasteiger partial charge in [-0.15, -0.1) is 0 Å². The molecule has 6 nitrogen and oxygen atoms in total. The number of amides is 2. The quantitative estimate of drug-likeness (QED) is 0.823. The van der Waals surface area contributed by atoms with E-state index in [1.807, 2.05) is 15.9 Å². The lowest BCUT2D eigenvalue weighted by Crippen LogP contribution is -2.52. The van der Waals surface area contributed by atoms with Crippen molar-refractivity contribution >= 4 is 11.8 Å². The third-order valence-electron chi connectivity index (χ3n) is 5.33. The molecule has 3 aliphatic rings. The van der Waals surface area contributed by atoms with Crippen LogP contribution in [0.1, 0.15) is 36.0 Å². The van der Waals surface area contributed by atoms with Gasteiger partial charge in [-0.25, -0.2) is 0 Å². The first-order chi connectivity index (χ1) is 12.2. The van der Waals surface area contributed by atoms with Crippen LogP contribution in [-0.4, -0.2) is 61.0 Å². The Labute approximate surface area is 147 Å². The van der Waals surface area contributed by atoms with E-state index >= 15 is 0 Å². The van der Waals surface area contributed by atoms with Gasteiger partial charge in [-0.3, -0.25) is 9.59 Å². The van der Waals surface area contributed by atoms with Crippen molar-refractivity contribution in [3.63, 3.8) is 0 Å². The molecular formula is C19H24N2O4. The lowest BCUT2D eigenvalue weighted by Gasteiger charge is -2.38. The molecule has 0 aromatic heterocycles. The molecule has 1 aromatic carbocycles. The van der Waals surface area contributed by atoms with Gasteiger partial charge in [0.25, 0.3) is 5.91 Å². The molecule has 1 saturated carbocycles. The molecule has 2 heterocycles. The second kappa shape index (κ2) is 6.94. The lowest BCUT2D eigenvalue weighted by molar-refractivity contribution is -0.139. The van der Waals surface area contributed by atoms with Gasteiger partial charge in [0.15, 0.2) is 11.5 Å². The summed E-state index contributed by atoms with van der Waals surface area (Å²) in [6, 6.07) is 5.38. The normalized spacial score (nSPS) is 20.6. The van der Waals surface area contributed by atoms with Gasteiger partial charge >= 0.3 is 0 Å². The van der Waals surface area contributed by atoms with Crippen LogP contribution in [0.4, 0.5) is 0 Å². The van der Waals surface area contributed by atoms with Gasteiger partial charge in [0, 0.05) is 44.1 Å². The smallest absolute Gasteiger partial charge is 0.254 e. The molecule has 0 N–H and O–H groups in total. The van der Waals surface area contributed by atoms with Crippen molar-refractivity contribution in [3.05, 3.63) is 23.8 Å². The molecule has 2 amide bonds. The topological polar surface area (TPSA) is 59.1 Å². The molecule has 0 bridgehead atoms. The molecule has 0 atom stereocenters. The SMILES string of the molecule is O=C(c1ccc2c(c1)OCCCO2)N1CCN(C(=O)C2CCC2)CC1. The molecule has 0 radical (unpaired) electrons. The number of rotatable bonds is 2. The Kier molecular flexibility index (Phi) is 4.51. The van der Waals surface area contributed by atoms with E-state index in [1.165, 1.54) is 6.42 Å². The van der Waals surface area contributed by atoms with Gasteiger partial charge in [-0.1, -0.05) is 6.42 Å². The maximum atomic E-state index is 12.8. The molecule has 0 unspecified atom stereocenters. The van der Waals surface area contributed by atoms with Crippen molar-refractivity contribution in [2.24, 2.45) is 5.92 Å². The van der Waals surface area contributed by atoms with E-state index in [1.54, 1.807) is 12.1 Å². The molecule has 0 spiro atoms. The van der Waals surface area contributed by atoms with Crippen LogP contribution in [0.15, 0.2) is 18.2 Å². The summed E-state index contributed by atoms with van der Waals surface area (Å²) in [5.41, 5.74) is 0.614. The van der Waals surface area contributed by atoms with E-state index in [-0.39, 0.29) is 17.7 Å². The zero-order valence-corrected chi connectivity index (χ0v) is 14.4. The number of piperazine rings is 1. The zero-order valence-electron chi connectivity index (χ0n) is 14.4. The predicted molar refractivity (Wildman–Crippen MR) is 91.9 cm³/mol. The predicted octanol–water partition coefficient (Wildman–Crippen LogP) is 1.93. The van der Waals surface area contributed by atoms with Gasteiger partial charge < -0.3 is 19.3 Å². The van der Waals surface area contributed by atoms with Crippen LogP contribution in [0, 0.1) is 5.92 Å². The van der Waals surface area contributed by atoms with E-state index in [0.717, 1.165) is 19.3 Å². The monoisotopic (exact) mass is 344 g/mol. The van der Waals surface area contributed by atoms with Gasteiger partial charge in [0.05, 0.1) is 13.2 Å². The van der Waals surface area contributed by atoms with Gasteiger partial charge in [-0.2, -0.15) is 0 Å². The van der Waals surface area contributed by atoms with Gasteiger partial charge in [0.2, 0.25) is 5.91 Å². The second-order valence-corrected chi connectivity index (χ2v) is 6.96. The van der Waals surface area contributed by atoms with Gasteiger partial charge in [-0.05, 0) is 31.0 Å². The molecular weight excluding hydrogens is 320 g/mol. The molecule has 2 fully saturated rings. The van der Waals surface area contributed by atoms with Crippen LogP contribution in [0.2, 0.25) is 0 Å². The zero-order chi connectivity index (χ0) is 17.2. The standard InChI is InChI=1S/C19H24N2O4/c22-18(14-3-1-4-14)20-7-9-21(10-8-20)19(23)15-5-6-16-17(13-15)25-12-2-11-24-16/h5-6,13-14H,1-4,7-12H2. The maximum Gasteiger partial charge on any atom is 0.254 e. The first-order valence-corrected chi connectivity index (χ1v) is 9.20. The highest BCUT2D eigenvalue weighted by Crippen LogP contribution is 2.31. The first kappa shape index (κ1) is 16.2. The fraction of sp³-hybridized carbons (Fsp3) is 0.579. The van der Waals surface area contributed by atoms with Crippen LogP contribution < -0.4 is 9.47 Å². The van der Waals surface area contributed by atoms with Crippen LogP contribution in [0.5, 0.6) is 11.5 Å². The summed E-state index contributed by atoms with van der Waals surface area (Å²) in [5, 5.41) is 0. The summed E-state index contributed by atoms with van der Waals surface area (Å²) in [6.07, 6.45) is 4.05. The molecule has 2 aliphatic heterocycles. The number of carbonyl (C=O) groups excluding carboxylic acids is 2. The Hall–Kier alpha value is -2.24. The average Bonchev–Trinajstić information content (AvgIpc) is 2.84. The Balaban J connectivity index is 1.38. The van der Waals surface area contributed by atoms with E-state index in [4.69, 9.17) is 9.47 Å². The molecule has 134 valence electrons. The number of fused-ring (bicyclic) bond motifs is 1. The van der Waals surface area contributed by atoms with E-state index in [0.29, 0.717) is 56.5 Å². The molecule has 1 saturated heterocycles. The fourth-order valence-corrected chi connectivity index (χ4v) is 3.52. The van der Waals surface area contributed by atoms with Crippen molar-refractivity contribution in [2.45, 2.75) is 25.7 Å². The number of hydrogen-bond acceptors (Lipinski definition) is 4. The second-order valence-electron chi connectivity index (χ2n) is 6.96.